The molecule has 0 spiro atoms. The Hall–Kier alpha value is -3.29. The summed E-state index contributed by atoms with van der Waals surface area (Å²) in [5.74, 6) is -0.181. The van der Waals surface area contributed by atoms with Crippen LogP contribution in [0, 0.1) is 12.7 Å². The number of anilines is 1. The van der Waals surface area contributed by atoms with E-state index in [1.54, 1.807) is 31.2 Å². The Morgan fingerprint density at radius 1 is 1.29 bits per heavy atom. The summed E-state index contributed by atoms with van der Waals surface area (Å²) in [4.78, 5) is 29.1. The third-order valence-electron chi connectivity index (χ3n) is 4.92. The number of aromatic nitrogens is 4. The molecule has 0 bridgehead atoms. The van der Waals surface area contributed by atoms with E-state index in [1.807, 2.05) is 0 Å². The molecule has 1 amide bonds. The summed E-state index contributed by atoms with van der Waals surface area (Å²) in [7, 11) is 0. The van der Waals surface area contributed by atoms with Crippen LogP contribution in [0.2, 0.25) is 0 Å². The predicted octanol–water partition coefficient (Wildman–Crippen LogP) is 2.78. The quantitative estimate of drug-likeness (QED) is 0.737. The zero-order valence-electron chi connectivity index (χ0n) is 15.4. The minimum atomic E-state index is -0.451. The summed E-state index contributed by atoms with van der Waals surface area (Å²) in [6, 6.07) is 9.32. The number of hydrogen-bond acceptors (Lipinski definition) is 4. The van der Waals surface area contributed by atoms with Gasteiger partial charge < -0.3 is 5.32 Å². The van der Waals surface area contributed by atoms with Crippen LogP contribution in [-0.2, 0) is 11.3 Å². The SMILES string of the molecule is Cc1cc(NC(=O)Cn2cnc(C3CCC3)cc2=O)n(-c2ccccc2F)n1. The van der Waals surface area contributed by atoms with Crippen molar-refractivity contribution in [2.75, 3.05) is 5.32 Å². The molecule has 2 heterocycles. The summed E-state index contributed by atoms with van der Waals surface area (Å²) in [6.07, 6.45) is 4.68. The van der Waals surface area contributed by atoms with Crippen LogP contribution in [0.15, 0.2) is 47.5 Å². The van der Waals surface area contributed by atoms with E-state index < -0.39 is 11.7 Å². The van der Waals surface area contributed by atoms with E-state index in [-0.39, 0.29) is 17.8 Å². The van der Waals surface area contributed by atoms with Gasteiger partial charge >= 0.3 is 0 Å². The van der Waals surface area contributed by atoms with Crippen LogP contribution in [-0.4, -0.2) is 25.2 Å². The summed E-state index contributed by atoms with van der Waals surface area (Å²) in [5.41, 5.74) is 1.39. The summed E-state index contributed by atoms with van der Waals surface area (Å²) < 4.78 is 16.7. The van der Waals surface area contributed by atoms with Crippen LogP contribution in [0.1, 0.15) is 36.6 Å². The zero-order valence-corrected chi connectivity index (χ0v) is 15.4. The van der Waals surface area contributed by atoms with Gasteiger partial charge in [-0.15, -0.1) is 0 Å². The van der Waals surface area contributed by atoms with E-state index in [4.69, 9.17) is 0 Å². The van der Waals surface area contributed by atoms with Gasteiger partial charge in [0, 0.05) is 18.1 Å². The predicted molar refractivity (Wildman–Crippen MR) is 102 cm³/mol. The largest absolute Gasteiger partial charge is 0.309 e. The van der Waals surface area contributed by atoms with Crippen molar-refractivity contribution in [3.8, 4) is 5.69 Å². The van der Waals surface area contributed by atoms with E-state index in [0.717, 1.165) is 25.0 Å². The number of halogens is 1. The van der Waals surface area contributed by atoms with Crippen molar-refractivity contribution in [3.63, 3.8) is 0 Å². The van der Waals surface area contributed by atoms with Gasteiger partial charge in [-0.05, 0) is 31.9 Å². The average molecular weight is 381 g/mol. The van der Waals surface area contributed by atoms with Gasteiger partial charge in [0.05, 0.1) is 17.7 Å². The third kappa shape index (κ3) is 3.58. The Labute approximate surface area is 160 Å². The molecule has 28 heavy (non-hydrogen) atoms. The van der Waals surface area contributed by atoms with Crippen molar-refractivity contribution in [2.24, 2.45) is 0 Å². The first-order valence-electron chi connectivity index (χ1n) is 9.19. The Morgan fingerprint density at radius 2 is 2.07 bits per heavy atom. The molecule has 0 atom stereocenters. The number of carbonyl (C=O) groups is 1. The highest BCUT2D eigenvalue weighted by Gasteiger charge is 2.21. The normalized spacial score (nSPS) is 13.9. The van der Waals surface area contributed by atoms with E-state index in [9.17, 15) is 14.0 Å². The number of para-hydroxylation sites is 1. The summed E-state index contributed by atoms with van der Waals surface area (Å²) in [6.45, 7) is 1.57. The minimum absolute atomic E-state index is 0.182. The third-order valence-corrected chi connectivity index (χ3v) is 4.92. The van der Waals surface area contributed by atoms with E-state index in [0.29, 0.717) is 17.4 Å². The van der Waals surface area contributed by atoms with Crippen molar-refractivity contribution in [2.45, 2.75) is 38.6 Å². The lowest BCUT2D eigenvalue weighted by molar-refractivity contribution is -0.116. The van der Waals surface area contributed by atoms with Gasteiger partial charge in [-0.1, -0.05) is 18.6 Å². The van der Waals surface area contributed by atoms with Crippen molar-refractivity contribution in [1.82, 2.24) is 19.3 Å². The van der Waals surface area contributed by atoms with E-state index in [2.05, 4.69) is 15.4 Å². The van der Waals surface area contributed by atoms with Gasteiger partial charge in [0.2, 0.25) is 5.91 Å². The number of benzene rings is 1. The molecule has 1 aliphatic rings. The van der Waals surface area contributed by atoms with Crippen molar-refractivity contribution < 1.29 is 9.18 Å². The van der Waals surface area contributed by atoms with Gasteiger partial charge in [-0.2, -0.15) is 5.10 Å². The fourth-order valence-electron chi connectivity index (χ4n) is 3.22. The Kier molecular flexibility index (Phi) is 4.77. The van der Waals surface area contributed by atoms with Crippen LogP contribution >= 0.6 is 0 Å². The van der Waals surface area contributed by atoms with Crippen molar-refractivity contribution >= 4 is 11.7 Å². The molecular formula is C20H20FN5O2. The standard InChI is InChI=1S/C20H20FN5O2/c1-13-9-18(26(24-13)17-8-3-2-7-15(17)21)23-19(27)11-25-12-22-16(10-20(25)28)14-5-4-6-14/h2-3,7-10,12,14H,4-6,11H2,1H3,(H,23,27). The molecule has 0 radical (unpaired) electrons. The number of hydrogen-bond donors (Lipinski definition) is 1. The fraction of sp³-hybridized carbons (Fsp3) is 0.300. The van der Waals surface area contributed by atoms with Crippen LogP contribution in [0.25, 0.3) is 5.69 Å². The Morgan fingerprint density at radius 3 is 2.75 bits per heavy atom. The first kappa shape index (κ1) is 18.1. The molecule has 1 aromatic carbocycles. The molecule has 144 valence electrons. The molecule has 0 aliphatic heterocycles. The van der Waals surface area contributed by atoms with Gasteiger partial charge in [-0.3, -0.25) is 14.2 Å². The smallest absolute Gasteiger partial charge is 0.254 e. The number of nitrogens with one attached hydrogen (secondary N) is 1. The number of nitrogens with zero attached hydrogens (tertiary/aromatic N) is 4. The molecule has 0 saturated heterocycles. The van der Waals surface area contributed by atoms with Crippen molar-refractivity contribution in [1.29, 1.82) is 0 Å². The molecule has 1 aliphatic carbocycles. The second-order valence-corrected chi connectivity index (χ2v) is 6.99. The molecular weight excluding hydrogens is 361 g/mol. The highest BCUT2D eigenvalue weighted by molar-refractivity contribution is 5.90. The van der Waals surface area contributed by atoms with Gasteiger partial charge in [0.15, 0.2) is 0 Å². The molecule has 1 saturated carbocycles. The minimum Gasteiger partial charge on any atom is -0.309 e. The first-order valence-corrected chi connectivity index (χ1v) is 9.19. The van der Waals surface area contributed by atoms with Crippen molar-refractivity contribution in [3.05, 3.63) is 70.3 Å². The van der Waals surface area contributed by atoms with E-state index >= 15 is 0 Å². The van der Waals surface area contributed by atoms with Crippen LogP contribution in [0.3, 0.4) is 0 Å². The highest BCUT2D eigenvalue weighted by atomic mass is 19.1. The Balaban J connectivity index is 1.52. The molecule has 2 aromatic heterocycles. The lowest BCUT2D eigenvalue weighted by atomic mass is 9.83. The van der Waals surface area contributed by atoms with Crippen LogP contribution in [0.4, 0.5) is 10.2 Å². The first-order chi connectivity index (χ1) is 13.5. The summed E-state index contributed by atoms with van der Waals surface area (Å²) in [5, 5.41) is 6.95. The van der Waals surface area contributed by atoms with Gasteiger partial charge in [0.1, 0.15) is 23.9 Å². The molecule has 4 rings (SSSR count). The lowest BCUT2D eigenvalue weighted by Crippen LogP contribution is -2.29. The molecule has 1 fully saturated rings. The maximum absolute atomic E-state index is 14.1. The van der Waals surface area contributed by atoms with Crippen LogP contribution < -0.4 is 10.9 Å². The van der Waals surface area contributed by atoms with Gasteiger partial charge in [-0.25, -0.2) is 14.1 Å². The topological polar surface area (TPSA) is 81.8 Å². The van der Waals surface area contributed by atoms with Crippen LogP contribution in [0.5, 0.6) is 0 Å². The fourth-order valence-corrected chi connectivity index (χ4v) is 3.22. The highest BCUT2D eigenvalue weighted by Crippen LogP contribution is 2.34. The lowest BCUT2D eigenvalue weighted by Gasteiger charge is -2.24. The molecule has 1 N–H and O–H groups in total. The average Bonchev–Trinajstić information content (AvgIpc) is 2.96. The molecule has 7 nitrogen and oxygen atoms in total. The second kappa shape index (κ2) is 7.38. The number of amides is 1. The molecule has 8 heteroatoms. The molecule has 0 unspecified atom stereocenters. The Bertz CT molecular complexity index is 1080. The monoisotopic (exact) mass is 381 g/mol. The second-order valence-electron chi connectivity index (χ2n) is 6.99. The maximum Gasteiger partial charge on any atom is 0.254 e. The number of carbonyl (C=O) groups excluding carboxylic acids is 1. The number of aryl methyl sites for hydroxylation is 1. The number of rotatable bonds is 5. The molecule has 3 aromatic rings. The maximum atomic E-state index is 14.1. The zero-order chi connectivity index (χ0) is 19.7. The van der Waals surface area contributed by atoms with E-state index in [1.165, 1.54) is 27.7 Å². The van der Waals surface area contributed by atoms with Gasteiger partial charge in [0.25, 0.3) is 5.56 Å². The summed E-state index contributed by atoms with van der Waals surface area (Å²) >= 11 is 0.